The maximum Gasteiger partial charge on any atom is 0.265 e. The summed E-state index contributed by atoms with van der Waals surface area (Å²) in [5.41, 5.74) is 2.77. The fraction of sp³-hybridized carbons (Fsp3) is 0.200. The highest BCUT2D eigenvalue weighted by molar-refractivity contribution is 7.12. The fourth-order valence-corrected chi connectivity index (χ4v) is 3.00. The molecule has 0 saturated carbocycles. The summed E-state index contributed by atoms with van der Waals surface area (Å²) in [5.74, 6) is -0.0854. The minimum Gasteiger partial charge on any atom is -0.321 e. The first kappa shape index (κ1) is 12.9. The van der Waals surface area contributed by atoms with Gasteiger partial charge in [0, 0.05) is 24.8 Å². The minimum absolute atomic E-state index is 0.0329. The molecule has 20 heavy (non-hydrogen) atoms. The van der Waals surface area contributed by atoms with Crippen molar-refractivity contribution in [2.24, 2.45) is 0 Å². The van der Waals surface area contributed by atoms with Crippen LogP contribution in [0.25, 0.3) is 0 Å². The van der Waals surface area contributed by atoms with E-state index in [0.29, 0.717) is 11.4 Å². The zero-order valence-electron chi connectivity index (χ0n) is 11.1. The molecule has 2 aromatic rings. The van der Waals surface area contributed by atoms with Gasteiger partial charge >= 0.3 is 0 Å². The Hall–Kier alpha value is -2.14. The Kier molecular flexibility index (Phi) is 3.28. The van der Waals surface area contributed by atoms with E-state index in [1.807, 2.05) is 29.6 Å². The summed E-state index contributed by atoms with van der Waals surface area (Å²) in [6, 6.07) is 9.36. The molecule has 0 spiro atoms. The number of nitrogens with one attached hydrogen (secondary N) is 1. The number of amides is 2. The Morgan fingerprint density at radius 1 is 1.30 bits per heavy atom. The molecule has 102 valence electrons. The predicted molar refractivity (Wildman–Crippen MR) is 80.4 cm³/mol. The van der Waals surface area contributed by atoms with E-state index in [9.17, 15) is 9.59 Å². The Balaban J connectivity index is 1.84. The summed E-state index contributed by atoms with van der Waals surface area (Å²) in [7, 11) is 0. The number of hydrogen-bond acceptors (Lipinski definition) is 3. The van der Waals surface area contributed by atoms with Crippen LogP contribution in [0.5, 0.6) is 0 Å². The van der Waals surface area contributed by atoms with Crippen molar-refractivity contribution >= 4 is 34.5 Å². The third-order valence-electron chi connectivity index (χ3n) is 3.36. The number of thiophene rings is 1. The molecule has 0 fully saturated rings. The lowest BCUT2D eigenvalue weighted by atomic mass is 10.1. The zero-order chi connectivity index (χ0) is 14.1. The average molecular weight is 286 g/mol. The van der Waals surface area contributed by atoms with Crippen LogP contribution in [0.4, 0.5) is 11.4 Å². The van der Waals surface area contributed by atoms with E-state index in [2.05, 4.69) is 5.32 Å². The molecule has 0 radical (unpaired) electrons. The van der Waals surface area contributed by atoms with Gasteiger partial charge in [-0.25, -0.2) is 0 Å². The normalized spacial score (nSPS) is 13.2. The van der Waals surface area contributed by atoms with Crippen molar-refractivity contribution in [3.8, 4) is 0 Å². The van der Waals surface area contributed by atoms with E-state index in [-0.39, 0.29) is 11.8 Å². The Morgan fingerprint density at radius 2 is 2.15 bits per heavy atom. The van der Waals surface area contributed by atoms with Gasteiger partial charge in [-0.3, -0.25) is 9.59 Å². The predicted octanol–water partition coefficient (Wildman–Crippen LogP) is 2.91. The Bertz CT molecular complexity index is 665. The van der Waals surface area contributed by atoms with E-state index in [4.69, 9.17) is 0 Å². The molecule has 2 amide bonds. The third-order valence-corrected chi connectivity index (χ3v) is 4.23. The molecule has 0 bridgehead atoms. The van der Waals surface area contributed by atoms with Gasteiger partial charge < -0.3 is 10.2 Å². The lowest BCUT2D eigenvalue weighted by molar-refractivity contribution is -0.116. The number of anilines is 2. The number of carbonyl (C=O) groups excluding carboxylic acids is 2. The van der Waals surface area contributed by atoms with Crippen LogP contribution in [-0.4, -0.2) is 18.4 Å². The molecule has 0 unspecified atom stereocenters. The number of nitrogens with zero attached hydrogens (tertiary/aromatic N) is 1. The number of hydrogen-bond donors (Lipinski definition) is 1. The maximum atomic E-state index is 12.0. The summed E-state index contributed by atoms with van der Waals surface area (Å²) in [5, 5.41) is 4.74. The molecular weight excluding hydrogens is 272 g/mol. The largest absolute Gasteiger partial charge is 0.321 e. The molecular formula is C15H14N2O2S. The lowest BCUT2D eigenvalue weighted by Gasteiger charge is -2.15. The topological polar surface area (TPSA) is 49.4 Å². The van der Waals surface area contributed by atoms with Crippen LogP contribution >= 0.6 is 11.3 Å². The van der Waals surface area contributed by atoms with Gasteiger partial charge in [-0.05, 0) is 35.6 Å². The number of benzene rings is 1. The summed E-state index contributed by atoms with van der Waals surface area (Å²) < 4.78 is 0. The first-order chi connectivity index (χ1) is 9.65. The molecule has 2 heterocycles. The van der Waals surface area contributed by atoms with Gasteiger partial charge in [0.2, 0.25) is 5.91 Å². The van der Waals surface area contributed by atoms with Crippen molar-refractivity contribution in [1.82, 2.24) is 0 Å². The monoisotopic (exact) mass is 286 g/mol. The molecule has 0 atom stereocenters. The first-order valence-corrected chi connectivity index (χ1v) is 7.29. The second kappa shape index (κ2) is 5.09. The summed E-state index contributed by atoms with van der Waals surface area (Å²) in [6.45, 7) is 2.28. The molecule has 4 nitrogen and oxygen atoms in total. The van der Waals surface area contributed by atoms with Crippen LogP contribution in [0.3, 0.4) is 0 Å². The van der Waals surface area contributed by atoms with Crippen molar-refractivity contribution in [1.29, 1.82) is 0 Å². The van der Waals surface area contributed by atoms with Crippen molar-refractivity contribution < 1.29 is 9.59 Å². The molecule has 1 aromatic heterocycles. The second-order valence-corrected chi connectivity index (χ2v) is 5.64. The van der Waals surface area contributed by atoms with Crippen LogP contribution in [-0.2, 0) is 11.2 Å². The molecule has 1 aliphatic rings. The summed E-state index contributed by atoms with van der Waals surface area (Å²) in [6.07, 6.45) is 0.869. The molecule has 1 aromatic carbocycles. The van der Waals surface area contributed by atoms with Gasteiger partial charge in [-0.1, -0.05) is 12.1 Å². The van der Waals surface area contributed by atoms with Crippen molar-refractivity contribution in [3.63, 3.8) is 0 Å². The quantitative estimate of drug-likeness (QED) is 0.922. The van der Waals surface area contributed by atoms with E-state index >= 15 is 0 Å². The minimum atomic E-state index is -0.118. The van der Waals surface area contributed by atoms with E-state index in [1.54, 1.807) is 17.9 Å². The van der Waals surface area contributed by atoms with E-state index < -0.39 is 0 Å². The number of rotatable bonds is 2. The van der Waals surface area contributed by atoms with Gasteiger partial charge in [-0.15, -0.1) is 11.3 Å². The van der Waals surface area contributed by atoms with E-state index in [1.165, 1.54) is 11.3 Å². The molecule has 3 rings (SSSR count). The SMILES string of the molecule is CC(=O)N1CCc2ccc(NC(=O)c3cccs3)cc21. The average Bonchev–Trinajstić information content (AvgIpc) is 3.07. The van der Waals surface area contributed by atoms with Gasteiger partial charge in [0.1, 0.15) is 0 Å². The van der Waals surface area contributed by atoms with Crippen LogP contribution in [0.15, 0.2) is 35.7 Å². The Labute approximate surface area is 121 Å². The zero-order valence-corrected chi connectivity index (χ0v) is 11.9. The lowest BCUT2D eigenvalue weighted by Crippen LogP contribution is -2.25. The third kappa shape index (κ3) is 2.32. The fourth-order valence-electron chi connectivity index (χ4n) is 2.38. The first-order valence-electron chi connectivity index (χ1n) is 6.41. The van der Waals surface area contributed by atoms with Gasteiger partial charge in [0.15, 0.2) is 0 Å². The van der Waals surface area contributed by atoms with Gasteiger partial charge in [0.25, 0.3) is 5.91 Å². The van der Waals surface area contributed by atoms with Crippen molar-refractivity contribution in [2.45, 2.75) is 13.3 Å². The van der Waals surface area contributed by atoms with Crippen molar-refractivity contribution in [2.75, 3.05) is 16.8 Å². The van der Waals surface area contributed by atoms with Crippen molar-refractivity contribution in [3.05, 3.63) is 46.2 Å². The number of carbonyl (C=O) groups is 2. The van der Waals surface area contributed by atoms with E-state index in [0.717, 1.165) is 23.4 Å². The number of fused-ring (bicyclic) bond motifs is 1. The maximum absolute atomic E-state index is 12.0. The highest BCUT2D eigenvalue weighted by atomic mass is 32.1. The van der Waals surface area contributed by atoms with Gasteiger partial charge in [-0.2, -0.15) is 0 Å². The van der Waals surface area contributed by atoms with Gasteiger partial charge in [0.05, 0.1) is 4.88 Å². The molecule has 1 aliphatic heterocycles. The highest BCUT2D eigenvalue weighted by Crippen LogP contribution is 2.31. The molecule has 0 saturated heterocycles. The molecule has 5 heteroatoms. The summed E-state index contributed by atoms with van der Waals surface area (Å²) in [4.78, 5) is 26.0. The molecule has 1 N–H and O–H groups in total. The highest BCUT2D eigenvalue weighted by Gasteiger charge is 2.22. The van der Waals surface area contributed by atoms with Crippen LogP contribution in [0.2, 0.25) is 0 Å². The Morgan fingerprint density at radius 3 is 2.85 bits per heavy atom. The van der Waals surface area contributed by atoms with Crippen LogP contribution < -0.4 is 10.2 Å². The summed E-state index contributed by atoms with van der Waals surface area (Å²) >= 11 is 1.40. The van der Waals surface area contributed by atoms with Crippen LogP contribution in [0.1, 0.15) is 22.2 Å². The smallest absolute Gasteiger partial charge is 0.265 e. The standard InChI is InChI=1S/C15H14N2O2S/c1-10(18)17-7-6-11-4-5-12(9-13(11)17)16-15(19)14-3-2-8-20-14/h2-5,8-9H,6-7H2,1H3,(H,16,19). The second-order valence-electron chi connectivity index (χ2n) is 4.70. The molecule has 0 aliphatic carbocycles. The van der Waals surface area contributed by atoms with Crippen LogP contribution in [0, 0.1) is 0 Å².